The van der Waals surface area contributed by atoms with E-state index in [-0.39, 0.29) is 11.4 Å². The van der Waals surface area contributed by atoms with E-state index in [0.29, 0.717) is 12.3 Å². The summed E-state index contributed by atoms with van der Waals surface area (Å²) in [6, 6.07) is 0. The van der Waals surface area contributed by atoms with Gasteiger partial charge in [0.25, 0.3) is 0 Å². The van der Waals surface area contributed by atoms with Crippen molar-refractivity contribution in [3.63, 3.8) is 0 Å². The van der Waals surface area contributed by atoms with Crippen molar-refractivity contribution in [2.24, 2.45) is 10.4 Å². The van der Waals surface area contributed by atoms with Crippen molar-refractivity contribution >= 4 is 11.7 Å². The van der Waals surface area contributed by atoms with Gasteiger partial charge in [-0.2, -0.15) is 0 Å². The monoisotopic (exact) mass is 208 g/mol. The molecule has 2 heterocycles. The Kier molecular flexibility index (Phi) is 2.38. The van der Waals surface area contributed by atoms with Crippen LogP contribution in [0.15, 0.2) is 16.1 Å². The number of hydrogen-bond acceptors (Lipinski definition) is 4. The maximum absolute atomic E-state index is 11.5. The van der Waals surface area contributed by atoms with Crippen LogP contribution in [0.2, 0.25) is 0 Å². The molecule has 4 heteroatoms. The van der Waals surface area contributed by atoms with Crippen LogP contribution in [0.3, 0.4) is 0 Å². The summed E-state index contributed by atoms with van der Waals surface area (Å²) in [5.74, 6) is -0.318. The van der Waals surface area contributed by atoms with Gasteiger partial charge in [0.05, 0.1) is 7.11 Å². The molecule has 2 aliphatic rings. The fourth-order valence-corrected chi connectivity index (χ4v) is 2.15. The second-order valence-electron chi connectivity index (χ2n) is 4.60. The Morgan fingerprint density at radius 1 is 1.47 bits per heavy atom. The van der Waals surface area contributed by atoms with E-state index in [1.807, 2.05) is 0 Å². The summed E-state index contributed by atoms with van der Waals surface area (Å²) in [6.07, 6.45) is 0. The first kappa shape index (κ1) is 10.4. The van der Waals surface area contributed by atoms with Crippen LogP contribution in [-0.2, 0) is 9.53 Å². The van der Waals surface area contributed by atoms with Crippen LogP contribution in [0, 0.1) is 5.41 Å². The summed E-state index contributed by atoms with van der Waals surface area (Å²) in [5.41, 5.74) is 2.92. The van der Waals surface area contributed by atoms with Gasteiger partial charge < -0.3 is 10.1 Å². The van der Waals surface area contributed by atoms with E-state index in [0.717, 1.165) is 18.7 Å². The Morgan fingerprint density at radius 2 is 2.20 bits per heavy atom. The second-order valence-corrected chi connectivity index (χ2v) is 4.60. The molecule has 82 valence electrons. The molecule has 4 nitrogen and oxygen atoms in total. The molecule has 0 spiro atoms. The molecule has 2 aliphatic heterocycles. The molecule has 0 unspecified atom stereocenters. The van der Waals surface area contributed by atoms with Gasteiger partial charge >= 0.3 is 5.97 Å². The number of nitrogens with zero attached hydrogens (tertiary/aromatic N) is 1. The van der Waals surface area contributed by atoms with E-state index in [9.17, 15) is 4.79 Å². The minimum atomic E-state index is -0.318. The van der Waals surface area contributed by atoms with Gasteiger partial charge in [0.15, 0.2) is 0 Å². The maximum atomic E-state index is 11.5. The number of ether oxygens (including phenoxy) is 1. The SMILES string of the molecule is COC(=O)C1=NCC(C)(C)C2=C1CNC2. The van der Waals surface area contributed by atoms with Gasteiger partial charge in [-0.15, -0.1) is 0 Å². The summed E-state index contributed by atoms with van der Waals surface area (Å²) in [4.78, 5) is 15.8. The number of nitrogens with one attached hydrogen (secondary N) is 1. The molecular formula is C11H16N2O2. The third-order valence-electron chi connectivity index (χ3n) is 3.08. The average Bonchev–Trinajstić information content (AvgIpc) is 2.67. The average molecular weight is 208 g/mol. The van der Waals surface area contributed by atoms with E-state index < -0.39 is 0 Å². The Labute approximate surface area is 89.4 Å². The van der Waals surface area contributed by atoms with E-state index in [1.165, 1.54) is 12.7 Å². The van der Waals surface area contributed by atoms with Crippen LogP contribution in [0.4, 0.5) is 0 Å². The Bertz CT molecular complexity index is 367. The van der Waals surface area contributed by atoms with Crippen molar-refractivity contribution in [3.05, 3.63) is 11.1 Å². The van der Waals surface area contributed by atoms with Crippen molar-refractivity contribution in [1.82, 2.24) is 5.32 Å². The fraction of sp³-hybridized carbons (Fsp3) is 0.636. The van der Waals surface area contributed by atoms with Crippen molar-refractivity contribution in [3.8, 4) is 0 Å². The zero-order chi connectivity index (χ0) is 11.1. The lowest BCUT2D eigenvalue weighted by atomic mass is 9.79. The number of hydrogen-bond donors (Lipinski definition) is 1. The maximum Gasteiger partial charge on any atom is 0.356 e. The summed E-state index contributed by atoms with van der Waals surface area (Å²) in [5, 5.41) is 3.27. The molecule has 0 saturated carbocycles. The molecule has 0 fully saturated rings. The fourth-order valence-electron chi connectivity index (χ4n) is 2.15. The third kappa shape index (κ3) is 1.59. The third-order valence-corrected chi connectivity index (χ3v) is 3.08. The zero-order valence-corrected chi connectivity index (χ0v) is 9.39. The smallest absolute Gasteiger partial charge is 0.356 e. The van der Waals surface area contributed by atoms with Gasteiger partial charge in [0, 0.05) is 25.0 Å². The highest BCUT2D eigenvalue weighted by Crippen LogP contribution is 2.35. The first-order valence-corrected chi connectivity index (χ1v) is 5.12. The lowest BCUT2D eigenvalue weighted by Crippen LogP contribution is -2.31. The van der Waals surface area contributed by atoms with Crippen LogP contribution in [0.5, 0.6) is 0 Å². The van der Waals surface area contributed by atoms with Crippen LogP contribution in [-0.4, -0.2) is 38.4 Å². The van der Waals surface area contributed by atoms with Gasteiger partial charge in [-0.1, -0.05) is 13.8 Å². The van der Waals surface area contributed by atoms with E-state index in [1.54, 1.807) is 0 Å². The van der Waals surface area contributed by atoms with Crippen LogP contribution >= 0.6 is 0 Å². The molecule has 0 amide bonds. The minimum absolute atomic E-state index is 0.0658. The predicted molar refractivity (Wildman–Crippen MR) is 58.0 cm³/mol. The van der Waals surface area contributed by atoms with Crippen molar-refractivity contribution in [2.45, 2.75) is 13.8 Å². The van der Waals surface area contributed by atoms with Gasteiger partial charge in [-0.3, -0.25) is 4.99 Å². The summed E-state index contributed by atoms with van der Waals surface area (Å²) in [7, 11) is 1.40. The Hall–Kier alpha value is -1.16. The standard InChI is InChI=1S/C11H16N2O2/c1-11(2)6-13-9(10(14)15-3)7-4-12-5-8(7)11/h12H,4-6H2,1-3H3. The van der Waals surface area contributed by atoms with Crippen molar-refractivity contribution in [2.75, 3.05) is 26.7 Å². The quantitative estimate of drug-likeness (QED) is 0.640. The number of esters is 1. The Balaban J connectivity index is 2.39. The van der Waals surface area contributed by atoms with Gasteiger partial charge in [-0.25, -0.2) is 4.79 Å². The van der Waals surface area contributed by atoms with E-state index in [2.05, 4.69) is 24.2 Å². The van der Waals surface area contributed by atoms with E-state index in [4.69, 9.17) is 4.74 Å². The zero-order valence-electron chi connectivity index (χ0n) is 9.39. The van der Waals surface area contributed by atoms with Crippen molar-refractivity contribution in [1.29, 1.82) is 0 Å². The lowest BCUT2D eigenvalue weighted by molar-refractivity contribution is -0.132. The first-order valence-electron chi connectivity index (χ1n) is 5.12. The number of dihydropyridines is 1. The molecule has 0 aliphatic carbocycles. The molecule has 0 atom stereocenters. The molecule has 0 radical (unpaired) electrons. The number of methoxy groups -OCH3 is 1. The Morgan fingerprint density at radius 3 is 2.87 bits per heavy atom. The predicted octanol–water partition coefficient (Wildman–Crippen LogP) is 0.540. The summed E-state index contributed by atoms with van der Waals surface area (Å²) in [6.45, 7) is 6.57. The van der Waals surface area contributed by atoms with Crippen LogP contribution < -0.4 is 5.32 Å². The molecule has 1 N–H and O–H groups in total. The van der Waals surface area contributed by atoms with Crippen molar-refractivity contribution < 1.29 is 9.53 Å². The second kappa shape index (κ2) is 3.45. The topological polar surface area (TPSA) is 50.7 Å². The molecule has 0 aromatic carbocycles. The number of carbonyl (C=O) groups excluding carboxylic acids is 1. The molecule has 0 aromatic rings. The highest BCUT2D eigenvalue weighted by Gasteiger charge is 2.36. The largest absolute Gasteiger partial charge is 0.464 e. The molecule has 15 heavy (non-hydrogen) atoms. The number of aliphatic imine (C=N–C) groups is 1. The van der Waals surface area contributed by atoms with Gasteiger partial charge in [-0.05, 0) is 11.1 Å². The van der Waals surface area contributed by atoms with Crippen LogP contribution in [0.25, 0.3) is 0 Å². The van der Waals surface area contributed by atoms with Crippen LogP contribution in [0.1, 0.15) is 13.8 Å². The lowest BCUT2D eigenvalue weighted by Gasteiger charge is -2.29. The molecule has 0 saturated heterocycles. The minimum Gasteiger partial charge on any atom is -0.464 e. The molecular weight excluding hydrogens is 192 g/mol. The highest BCUT2D eigenvalue weighted by atomic mass is 16.5. The molecule has 0 aromatic heterocycles. The number of carbonyl (C=O) groups is 1. The summed E-state index contributed by atoms with van der Waals surface area (Å²) >= 11 is 0. The number of rotatable bonds is 1. The van der Waals surface area contributed by atoms with Gasteiger partial charge in [0.2, 0.25) is 0 Å². The first-order chi connectivity index (χ1) is 7.06. The molecule has 2 rings (SSSR count). The van der Waals surface area contributed by atoms with Gasteiger partial charge in [0.1, 0.15) is 5.71 Å². The normalized spacial score (nSPS) is 23.5. The molecule has 0 bridgehead atoms. The van der Waals surface area contributed by atoms with E-state index >= 15 is 0 Å². The highest BCUT2D eigenvalue weighted by molar-refractivity contribution is 6.43. The summed E-state index contributed by atoms with van der Waals surface area (Å²) < 4.78 is 4.73.